The van der Waals surface area contributed by atoms with Crippen molar-refractivity contribution in [2.75, 3.05) is 6.54 Å². The van der Waals surface area contributed by atoms with E-state index in [1.165, 1.54) is 0 Å². The molecule has 0 fully saturated rings. The van der Waals surface area contributed by atoms with Gasteiger partial charge in [-0.15, -0.1) is 0 Å². The normalized spacial score (nSPS) is 11.0. The summed E-state index contributed by atoms with van der Waals surface area (Å²) in [6.45, 7) is 4.01. The molecule has 0 heterocycles. The van der Waals surface area contributed by atoms with Gasteiger partial charge in [-0.3, -0.25) is 4.79 Å². The fourth-order valence-corrected chi connectivity index (χ4v) is 1.89. The predicted octanol–water partition coefficient (Wildman–Crippen LogP) is 2.93. The van der Waals surface area contributed by atoms with E-state index in [9.17, 15) is 4.79 Å². The molecule has 0 saturated carbocycles. The van der Waals surface area contributed by atoms with Crippen molar-refractivity contribution in [2.45, 2.75) is 20.0 Å². The molecule has 1 unspecified atom stereocenters. The summed E-state index contributed by atoms with van der Waals surface area (Å²) < 4.78 is 5.61. The molecule has 0 bridgehead atoms. The van der Waals surface area contributed by atoms with Gasteiger partial charge in [0.2, 0.25) is 0 Å². The number of benzene rings is 2. The Balaban J connectivity index is 1.81. The van der Waals surface area contributed by atoms with Gasteiger partial charge in [-0.1, -0.05) is 42.2 Å². The molecule has 3 nitrogen and oxygen atoms in total. The van der Waals surface area contributed by atoms with Crippen LogP contribution in [0.15, 0.2) is 54.6 Å². The fraction of sp³-hybridized carbons (Fsp3) is 0.211. The molecule has 0 radical (unpaired) electrons. The molecular formula is C19H19NO2. The van der Waals surface area contributed by atoms with Gasteiger partial charge in [-0.05, 0) is 43.7 Å². The second kappa shape index (κ2) is 7.90. The third-order valence-corrected chi connectivity index (χ3v) is 3.03. The number of ether oxygens (including phenoxy) is 1. The van der Waals surface area contributed by atoms with Crippen molar-refractivity contribution in [1.82, 2.24) is 5.32 Å². The molecule has 0 aliphatic carbocycles. The van der Waals surface area contributed by atoms with Crippen LogP contribution < -0.4 is 10.1 Å². The van der Waals surface area contributed by atoms with Crippen molar-refractivity contribution in [2.24, 2.45) is 0 Å². The maximum atomic E-state index is 11.9. The van der Waals surface area contributed by atoms with Crippen molar-refractivity contribution in [3.8, 4) is 17.6 Å². The van der Waals surface area contributed by atoms with Gasteiger partial charge in [-0.25, -0.2) is 0 Å². The Bertz CT molecular complexity index is 683. The number of hydrogen-bond donors (Lipinski definition) is 1. The molecule has 1 amide bonds. The summed E-state index contributed by atoms with van der Waals surface area (Å²) in [5.41, 5.74) is 2.03. The monoisotopic (exact) mass is 293 g/mol. The lowest BCUT2D eigenvalue weighted by Gasteiger charge is -2.14. The quantitative estimate of drug-likeness (QED) is 0.880. The highest BCUT2D eigenvalue weighted by Gasteiger charge is 2.13. The summed E-state index contributed by atoms with van der Waals surface area (Å²) in [6, 6.07) is 17.3. The second-order valence-corrected chi connectivity index (χ2v) is 4.96. The van der Waals surface area contributed by atoms with Gasteiger partial charge in [0.15, 0.2) is 6.10 Å². The minimum Gasteiger partial charge on any atom is -0.481 e. The van der Waals surface area contributed by atoms with Crippen LogP contribution in [0.25, 0.3) is 0 Å². The van der Waals surface area contributed by atoms with Crippen molar-refractivity contribution >= 4 is 5.91 Å². The Hall–Kier alpha value is -2.73. The maximum Gasteiger partial charge on any atom is 0.261 e. The Labute approximate surface area is 131 Å². The molecule has 0 aliphatic rings. The molecule has 1 atom stereocenters. The van der Waals surface area contributed by atoms with Crippen LogP contribution in [0.3, 0.4) is 0 Å². The molecule has 1 N–H and O–H groups in total. The standard InChI is InChI=1S/C19H19NO2/c1-15-8-6-12-18(14-15)22-16(2)19(21)20-13-7-11-17-9-4-3-5-10-17/h3-6,8-10,12,14,16H,13H2,1-2H3,(H,20,21). The Morgan fingerprint density at radius 3 is 2.68 bits per heavy atom. The maximum absolute atomic E-state index is 11.9. The summed E-state index contributed by atoms with van der Waals surface area (Å²) >= 11 is 0. The van der Waals surface area contributed by atoms with Crippen LogP contribution in [0.5, 0.6) is 5.75 Å². The first kappa shape index (κ1) is 15.7. The number of hydrogen-bond acceptors (Lipinski definition) is 2. The smallest absolute Gasteiger partial charge is 0.261 e. The molecule has 2 rings (SSSR count). The van der Waals surface area contributed by atoms with Crippen LogP contribution in [0.1, 0.15) is 18.1 Å². The number of carbonyl (C=O) groups is 1. The first-order valence-electron chi connectivity index (χ1n) is 7.20. The Kier molecular flexibility index (Phi) is 5.62. The average molecular weight is 293 g/mol. The Morgan fingerprint density at radius 1 is 1.18 bits per heavy atom. The zero-order valence-electron chi connectivity index (χ0n) is 12.8. The molecule has 3 heteroatoms. The lowest BCUT2D eigenvalue weighted by molar-refractivity contribution is -0.126. The second-order valence-electron chi connectivity index (χ2n) is 4.96. The van der Waals surface area contributed by atoms with Gasteiger partial charge in [0.05, 0.1) is 6.54 Å². The third-order valence-electron chi connectivity index (χ3n) is 3.03. The number of amides is 1. The molecule has 2 aromatic carbocycles. The van der Waals surface area contributed by atoms with E-state index in [2.05, 4.69) is 17.2 Å². The molecule has 0 aromatic heterocycles. The van der Waals surface area contributed by atoms with Gasteiger partial charge in [0.1, 0.15) is 5.75 Å². The molecule has 112 valence electrons. The molecule has 0 saturated heterocycles. The van der Waals surface area contributed by atoms with Crippen molar-refractivity contribution in [3.63, 3.8) is 0 Å². The lowest BCUT2D eigenvalue weighted by Crippen LogP contribution is -2.36. The van der Waals surface area contributed by atoms with Crippen LogP contribution in [0.2, 0.25) is 0 Å². The summed E-state index contributed by atoms with van der Waals surface area (Å²) in [7, 11) is 0. The summed E-state index contributed by atoms with van der Waals surface area (Å²) in [4.78, 5) is 11.9. The van der Waals surface area contributed by atoms with E-state index in [0.717, 1.165) is 11.1 Å². The highest BCUT2D eigenvalue weighted by molar-refractivity contribution is 5.80. The van der Waals surface area contributed by atoms with E-state index in [0.29, 0.717) is 12.3 Å². The van der Waals surface area contributed by atoms with E-state index in [1.807, 2.05) is 61.5 Å². The molecule has 0 aliphatic heterocycles. The topological polar surface area (TPSA) is 38.3 Å². The van der Waals surface area contributed by atoms with Crippen LogP contribution >= 0.6 is 0 Å². The zero-order chi connectivity index (χ0) is 15.8. The average Bonchev–Trinajstić information content (AvgIpc) is 2.52. The molecule has 22 heavy (non-hydrogen) atoms. The molecular weight excluding hydrogens is 274 g/mol. The van der Waals surface area contributed by atoms with Gasteiger partial charge >= 0.3 is 0 Å². The first-order valence-corrected chi connectivity index (χ1v) is 7.20. The van der Waals surface area contributed by atoms with E-state index >= 15 is 0 Å². The summed E-state index contributed by atoms with van der Waals surface area (Å²) in [5.74, 6) is 6.43. The van der Waals surface area contributed by atoms with Gasteiger partial charge in [-0.2, -0.15) is 0 Å². The van der Waals surface area contributed by atoms with Crippen LogP contribution in [0, 0.1) is 18.8 Å². The summed E-state index contributed by atoms with van der Waals surface area (Å²) in [5, 5.41) is 2.75. The number of aryl methyl sites for hydroxylation is 1. The minimum absolute atomic E-state index is 0.177. The van der Waals surface area contributed by atoms with Crippen LogP contribution in [-0.2, 0) is 4.79 Å². The first-order chi connectivity index (χ1) is 10.6. The zero-order valence-corrected chi connectivity index (χ0v) is 12.8. The SMILES string of the molecule is Cc1cccc(OC(C)C(=O)NCC#Cc2ccccc2)c1. The lowest BCUT2D eigenvalue weighted by atomic mass is 10.2. The molecule has 2 aromatic rings. The minimum atomic E-state index is -0.555. The van der Waals surface area contributed by atoms with Crippen LogP contribution in [-0.4, -0.2) is 18.6 Å². The van der Waals surface area contributed by atoms with Crippen molar-refractivity contribution in [3.05, 3.63) is 65.7 Å². The van der Waals surface area contributed by atoms with E-state index in [-0.39, 0.29) is 5.91 Å². The fourth-order valence-electron chi connectivity index (χ4n) is 1.89. The number of nitrogens with one attached hydrogen (secondary N) is 1. The van der Waals surface area contributed by atoms with Crippen molar-refractivity contribution < 1.29 is 9.53 Å². The van der Waals surface area contributed by atoms with E-state index in [4.69, 9.17) is 4.74 Å². The molecule has 0 spiro atoms. The third kappa shape index (κ3) is 4.99. The van der Waals surface area contributed by atoms with E-state index in [1.54, 1.807) is 6.92 Å². The number of carbonyl (C=O) groups excluding carboxylic acids is 1. The highest BCUT2D eigenvalue weighted by atomic mass is 16.5. The summed E-state index contributed by atoms with van der Waals surface area (Å²) in [6.07, 6.45) is -0.555. The van der Waals surface area contributed by atoms with E-state index < -0.39 is 6.10 Å². The van der Waals surface area contributed by atoms with Gasteiger partial charge < -0.3 is 10.1 Å². The highest BCUT2D eigenvalue weighted by Crippen LogP contribution is 2.14. The van der Waals surface area contributed by atoms with Gasteiger partial charge in [0, 0.05) is 5.56 Å². The van der Waals surface area contributed by atoms with Gasteiger partial charge in [0.25, 0.3) is 5.91 Å². The van der Waals surface area contributed by atoms with Crippen molar-refractivity contribution in [1.29, 1.82) is 0 Å². The van der Waals surface area contributed by atoms with Crippen LogP contribution in [0.4, 0.5) is 0 Å². The Morgan fingerprint density at radius 2 is 1.95 bits per heavy atom. The number of rotatable bonds is 4. The predicted molar refractivity (Wildman–Crippen MR) is 87.6 cm³/mol. The largest absolute Gasteiger partial charge is 0.481 e.